The minimum absolute atomic E-state index is 0.176. The third-order valence-corrected chi connectivity index (χ3v) is 1.98. The van der Waals surface area contributed by atoms with Crippen LogP contribution in [0.2, 0.25) is 0 Å². The van der Waals surface area contributed by atoms with Gasteiger partial charge >= 0.3 is 0 Å². The first kappa shape index (κ1) is 8.98. The van der Waals surface area contributed by atoms with Gasteiger partial charge in [0.05, 0.1) is 0 Å². The van der Waals surface area contributed by atoms with Crippen molar-refractivity contribution in [1.29, 1.82) is 0 Å². The van der Waals surface area contributed by atoms with Crippen molar-refractivity contribution in [3.8, 4) is 0 Å². The normalized spacial score (nSPS) is 15.8. The van der Waals surface area contributed by atoms with Gasteiger partial charge in [0.1, 0.15) is 0 Å². The smallest absolute Gasteiger partial charge is 0.192 e. The Labute approximate surface area is 73.5 Å². The van der Waals surface area contributed by atoms with Gasteiger partial charge in [-0.05, 0) is 27.7 Å². The number of carbonyl (C=O) groups is 1. The van der Waals surface area contributed by atoms with Crippen LogP contribution >= 0.6 is 0 Å². The van der Waals surface area contributed by atoms with Gasteiger partial charge in [-0.15, -0.1) is 0 Å². The molecule has 0 spiro atoms. The molecule has 0 saturated carbocycles. The molecule has 0 N–H and O–H groups in total. The zero-order valence-electron chi connectivity index (χ0n) is 8.06. The number of hydrogen-bond donors (Lipinski definition) is 0. The molecule has 0 aromatic rings. The lowest BCUT2D eigenvalue weighted by molar-refractivity contribution is -0.111. The lowest BCUT2D eigenvalue weighted by Crippen LogP contribution is -1.99. The average molecular weight is 162 g/mol. The molecule has 12 heavy (non-hydrogen) atoms. The van der Waals surface area contributed by atoms with Crippen LogP contribution in [0.4, 0.5) is 0 Å². The van der Waals surface area contributed by atoms with E-state index in [9.17, 15) is 4.79 Å². The van der Waals surface area contributed by atoms with Crippen molar-refractivity contribution in [2.24, 2.45) is 0 Å². The molecule has 0 aromatic heterocycles. The highest BCUT2D eigenvalue weighted by Crippen LogP contribution is 2.23. The SMILES string of the molecule is CC(C)=C1C=CC(=C(C)C)C1=O. The summed E-state index contributed by atoms with van der Waals surface area (Å²) >= 11 is 0. The quantitative estimate of drug-likeness (QED) is 0.500. The van der Waals surface area contributed by atoms with Crippen LogP contribution in [0.5, 0.6) is 0 Å². The maximum atomic E-state index is 11.6. The molecule has 0 fully saturated rings. The van der Waals surface area contributed by atoms with Gasteiger partial charge in [-0.25, -0.2) is 0 Å². The third-order valence-electron chi connectivity index (χ3n) is 1.98. The van der Waals surface area contributed by atoms with Crippen molar-refractivity contribution in [2.75, 3.05) is 0 Å². The van der Waals surface area contributed by atoms with Gasteiger partial charge < -0.3 is 0 Å². The number of hydrogen-bond acceptors (Lipinski definition) is 1. The second-order valence-corrected chi connectivity index (χ2v) is 3.49. The summed E-state index contributed by atoms with van der Waals surface area (Å²) < 4.78 is 0. The van der Waals surface area contributed by atoms with Gasteiger partial charge in [-0.1, -0.05) is 23.3 Å². The molecule has 0 unspecified atom stereocenters. The molecule has 0 amide bonds. The Morgan fingerprint density at radius 2 is 1.25 bits per heavy atom. The van der Waals surface area contributed by atoms with Crippen molar-refractivity contribution in [3.05, 3.63) is 34.4 Å². The molecule has 0 radical (unpaired) electrons. The van der Waals surface area contributed by atoms with Crippen molar-refractivity contribution >= 4 is 5.78 Å². The van der Waals surface area contributed by atoms with Crippen molar-refractivity contribution in [1.82, 2.24) is 0 Å². The van der Waals surface area contributed by atoms with E-state index in [4.69, 9.17) is 0 Å². The van der Waals surface area contributed by atoms with Crippen LogP contribution in [-0.2, 0) is 4.79 Å². The second kappa shape index (κ2) is 3.10. The van der Waals surface area contributed by atoms with Gasteiger partial charge in [0.2, 0.25) is 0 Å². The summed E-state index contributed by atoms with van der Waals surface area (Å²) in [6, 6.07) is 0. The number of Topliss-reactive ketones (excluding diaryl/α,β-unsaturated/α-hetero) is 1. The first-order chi connectivity index (χ1) is 5.54. The molecular formula is C11H14O. The molecule has 0 atom stereocenters. The number of ketones is 1. The maximum absolute atomic E-state index is 11.6. The van der Waals surface area contributed by atoms with Crippen molar-refractivity contribution < 1.29 is 4.79 Å². The monoisotopic (exact) mass is 162 g/mol. The highest BCUT2D eigenvalue weighted by Gasteiger charge is 2.18. The second-order valence-electron chi connectivity index (χ2n) is 3.49. The van der Waals surface area contributed by atoms with E-state index in [2.05, 4.69) is 0 Å². The minimum Gasteiger partial charge on any atom is -0.289 e. The Kier molecular flexibility index (Phi) is 2.32. The van der Waals surface area contributed by atoms with E-state index in [1.807, 2.05) is 39.8 Å². The molecule has 1 nitrogen and oxygen atoms in total. The van der Waals surface area contributed by atoms with Crippen LogP contribution in [0.25, 0.3) is 0 Å². The van der Waals surface area contributed by atoms with E-state index in [-0.39, 0.29) is 5.78 Å². The zero-order chi connectivity index (χ0) is 9.30. The lowest BCUT2D eigenvalue weighted by atomic mass is 10.0. The molecule has 0 bridgehead atoms. The van der Waals surface area contributed by atoms with Crippen LogP contribution in [0.15, 0.2) is 34.4 Å². The Bertz CT molecular complexity index is 276. The first-order valence-electron chi connectivity index (χ1n) is 4.11. The molecule has 1 aliphatic carbocycles. The number of allylic oxidation sites excluding steroid dienone is 6. The number of carbonyl (C=O) groups excluding carboxylic acids is 1. The Morgan fingerprint density at radius 3 is 1.42 bits per heavy atom. The fourth-order valence-corrected chi connectivity index (χ4v) is 1.25. The summed E-state index contributed by atoms with van der Waals surface area (Å²) in [5.74, 6) is 0.176. The molecule has 1 rings (SSSR count). The summed E-state index contributed by atoms with van der Waals surface area (Å²) in [5, 5.41) is 0. The molecule has 0 aliphatic heterocycles. The van der Waals surface area contributed by atoms with E-state index < -0.39 is 0 Å². The van der Waals surface area contributed by atoms with Crippen LogP contribution in [0.1, 0.15) is 27.7 Å². The highest BCUT2D eigenvalue weighted by molar-refractivity contribution is 6.15. The molecule has 1 aliphatic rings. The van der Waals surface area contributed by atoms with Crippen LogP contribution < -0.4 is 0 Å². The average Bonchev–Trinajstić information content (AvgIpc) is 2.30. The summed E-state index contributed by atoms with van der Waals surface area (Å²) in [4.78, 5) is 11.6. The minimum atomic E-state index is 0.176. The van der Waals surface area contributed by atoms with Crippen molar-refractivity contribution in [3.63, 3.8) is 0 Å². The maximum Gasteiger partial charge on any atom is 0.192 e. The van der Waals surface area contributed by atoms with Crippen molar-refractivity contribution in [2.45, 2.75) is 27.7 Å². The Balaban J connectivity index is 3.16. The van der Waals surface area contributed by atoms with Crippen LogP contribution in [0.3, 0.4) is 0 Å². The molecule has 0 aromatic carbocycles. The standard InChI is InChI=1S/C11H14O/c1-7(2)9-5-6-10(8(3)4)11(9)12/h5-6H,1-4H3. The van der Waals surface area contributed by atoms with Crippen LogP contribution in [-0.4, -0.2) is 5.78 Å². The topological polar surface area (TPSA) is 17.1 Å². The lowest BCUT2D eigenvalue weighted by Gasteiger charge is -1.98. The van der Waals surface area contributed by atoms with Crippen LogP contribution in [0, 0.1) is 0 Å². The summed E-state index contributed by atoms with van der Waals surface area (Å²) in [5.41, 5.74) is 3.89. The summed E-state index contributed by atoms with van der Waals surface area (Å²) in [6.07, 6.45) is 3.81. The highest BCUT2D eigenvalue weighted by atomic mass is 16.1. The zero-order valence-corrected chi connectivity index (χ0v) is 8.06. The van der Waals surface area contributed by atoms with E-state index in [0.29, 0.717) is 0 Å². The largest absolute Gasteiger partial charge is 0.289 e. The predicted octanol–water partition coefficient (Wildman–Crippen LogP) is 2.80. The molecular weight excluding hydrogens is 148 g/mol. The van der Waals surface area contributed by atoms with E-state index >= 15 is 0 Å². The van der Waals surface area contributed by atoms with Gasteiger partial charge in [0, 0.05) is 11.1 Å². The number of rotatable bonds is 0. The third kappa shape index (κ3) is 1.40. The van der Waals surface area contributed by atoms with Gasteiger partial charge in [-0.3, -0.25) is 4.79 Å². The van der Waals surface area contributed by atoms with E-state index in [0.717, 1.165) is 22.3 Å². The summed E-state index contributed by atoms with van der Waals surface area (Å²) in [6.45, 7) is 7.86. The fraction of sp³-hybridized carbons (Fsp3) is 0.364. The molecule has 64 valence electrons. The molecule has 1 heteroatoms. The molecule has 0 saturated heterocycles. The first-order valence-corrected chi connectivity index (χ1v) is 4.11. The Hall–Kier alpha value is -1.11. The molecule has 0 heterocycles. The van der Waals surface area contributed by atoms with Gasteiger partial charge in [0.25, 0.3) is 0 Å². The van der Waals surface area contributed by atoms with E-state index in [1.54, 1.807) is 0 Å². The fourth-order valence-electron chi connectivity index (χ4n) is 1.25. The Morgan fingerprint density at radius 1 is 0.917 bits per heavy atom. The van der Waals surface area contributed by atoms with Gasteiger partial charge in [-0.2, -0.15) is 0 Å². The predicted molar refractivity (Wildman–Crippen MR) is 50.9 cm³/mol. The summed E-state index contributed by atoms with van der Waals surface area (Å²) in [7, 11) is 0. The van der Waals surface area contributed by atoms with Gasteiger partial charge in [0.15, 0.2) is 5.78 Å². The van der Waals surface area contributed by atoms with E-state index in [1.165, 1.54) is 0 Å².